The number of aryl methyl sites for hydroxylation is 1. The lowest BCUT2D eigenvalue weighted by molar-refractivity contribution is 0.0155. The number of aromatic nitrogens is 1. The molecule has 2 N–H and O–H groups in total. The quantitative estimate of drug-likeness (QED) is 0.446. The Balaban J connectivity index is 0.000000320. The molecule has 1 saturated carbocycles. The molecule has 2 aromatic rings. The Morgan fingerprint density at radius 2 is 1.91 bits per heavy atom. The van der Waals surface area contributed by atoms with Gasteiger partial charge in [0.2, 0.25) is 5.88 Å². The number of fused-ring (bicyclic) bond motifs is 1. The first-order valence-corrected chi connectivity index (χ1v) is 12.8. The van der Waals surface area contributed by atoms with E-state index in [1.54, 1.807) is 6.07 Å². The van der Waals surface area contributed by atoms with E-state index in [4.69, 9.17) is 16.3 Å². The van der Waals surface area contributed by atoms with Crippen molar-refractivity contribution >= 4 is 29.0 Å². The van der Waals surface area contributed by atoms with Gasteiger partial charge in [-0.2, -0.15) is 0 Å². The molecule has 35 heavy (non-hydrogen) atoms. The zero-order chi connectivity index (χ0) is 25.9. The summed E-state index contributed by atoms with van der Waals surface area (Å²) in [5.74, 6) is 1.22. The normalized spacial score (nSPS) is 15.6. The molecule has 6 nitrogen and oxygen atoms in total. The van der Waals surface area contributed by atoms with Crippen LogP contribution in [0.25, 0.3) is 0 Å². The average molecular weight is 501 g/mol. The van der Waals surface area contributed by atoms with Crippen molar-refractivity contribution in [3.05, 3.63) is 51.7 Å². The van der Waals surface area contributed by atoms with Crippen LogP contribution >= 0.6 is 11.6 Å². The van der Waals surface area contributed by atoms with Crippen LogP contribution in [-0.2, 0) is 12.8 Å². The summed E-state index contributed by atoms with van der Waals surface area (Å²) in [4.78, 5) is 29.8. The highest BCUT2D eigenvalue weighted by atomic mass is 35.5. The number of benzene rings is 1. The van der Waals surface area contributed by atoms with Gasteiger partial charge in [0.25, 0.3) is 5.91 Å². The third-order valence-corrected chi connectivity index (χ3v) is 7.19. The first-order chi connectivity index (χ1) is 16.5. The summed E-state index contributed by atoms with van der Waals surface area (Å²) in [5, 5.41) is 12.7. The highest BCUT2D eigenvalue weighted by Crippen LogP contribution is 2.41. The van der Waals surface area contributed by atoms with Crippen LogP contribution in [0.3, 0.4) is 0 Å². The van der Waals surface area contributed by atoms with Crippen LogP contribution in [0.5, 0.6) is 5.88 Å². The number of rotatable bonds is 7. The number of aliphatic hydroxyl groups is 1. The Hall–Kier alpha value is -2.44. The summed E-state index contributed by atoms with van der Waals surface area (Å²) in [6, 6.07) is 5.50. The third-order valence-electron chi connectivity index (χ3n) is 6.91. The maximum absolute atomic E-state index is 12.9. The number of anilines is 1. The van der Waals surface area contributed by atoms with Crippen LogP contribution in [0.2, 0.25) is 5.02 Å². The fourth-order valence-electron chi connectivity index (χ4n) is 4.30. The Bertz CT molecular complexity index is 1090. The zero-order valence-corrected chi connectivity index (χ0v) is 22.3. The number of nitrogens with one attached hydrogen (secondary N) is 1. The minimum absolute atomic E-state index is 0.00661. The molecule has 1 unspecified atom stereocenters. The number of carbonyl (C=O) groups is 2. The monoisotopic (exact) mass is 500 g/mol. The number of hydrogen-bond acceptors (Lipinski definition) is 5. The van der Waals surface area contributed by atoms with Gasteiger partial charge in [-0.25, -0.2) is 4.98 Å². The molecule has 190 valence electrons. The van der Waals surface area contributed by atoms with Gasteiger partial charge in [-0.05, 0) is 56.6 Å². The van der Waals surface area contributed by atoms with E-state index in [0.717, 1.165) is 11.5 Å². The Morgan fingerprint density at radius 3 is 2.46 bits per heavy atom. The highest BCUT2D eigenvalue weighted by Gasteiger charge is 2.36. The van der Waals surface area contributed by atoms with Gasteiger partial charge in [-0.3, -0.25) is 9.59 Å². The maximum atomic E-state index is 12.9. The van der Waals surface area contributed by atoms with Crippen LogP contribution in [0.1, 0.15) is 86.2 Å². The standard InChI is InChI=1S/C20H21ClN2O3.C8H16O/c1-4-12-6-5-7-15(16(12)18(24)11(2)3)23-19(25)17-13-8-9-26-20(13)22-10-14(17)21;1-6(7-4-5-7)8(2,3)9/h5-7,10-11H,4,8-9H2,1-3H3,(H,23,25);6-7,9H,4-5H2,1-3H3. The Labute approximate surface area is 213 Å². The Kier molecular flexibility index (Phi) is 8.60. The van der Waals surface area contributed by atoms with Crippen LogP contribution < -0.4 is 10.1 Å². The second kappa shape index (κ2) is 11.1. The van der Waals surface area contributed by atoms with E-state index in [1.807, 2.05) is 46.8 Å². The van der Waals surface area contributed by atoms with Crippen molar-refractivity contribution in [2.24, 2.45) is 17.8 Å². The zero-order valence-electron chi connectivity index (χ0n) is 21.6. The third kappa shape index (κ3) is 6.42. The molecule has 1 aromatic heterocycles. The summed E-state index contributed by atoms with van der Waals surface area (Å²) >= 11 is 6.23. The summed E-state index contributed by atoms with van der Waals surface area (Å²) in [6.07, 6.45) is 5.36. The van der Waals surface area contributed by atoms with Crippen LogP contribution in [-0.4, -0.2) is 34.0 Å². The number of Topliss-reactive ketones (excluding diaryl/α,β-unsaturated/α-hetero) is 1. The number of nitrogens with zero attached hydrogens (tertiary/aromatic N) is 1. The number of amides is 1. The van der Waals surface area contributed by atoms with Crippen molar-refractivity contribution in [3.63, 3.8) is 0 Å². The van der Waals surface area contributed by atoms with Gasteiger partial charge in [0, 0.05) is 23.5 Å². The SMILES string of the molecule is CC(C1CC1)C(C)(C)O.CCc1cccc(NC(=O)c2c(Cl)cnc3c2CCO3)c1C(=O)C(C)C. The molecule has 1 aliphatic carbocycles. The topological polar surface area (TPSA) is 88.5 Å². The minimum Gasteiger partial charge on any atom is -0.477 e. The van der Waals surface area contributed by atoms with E-state index >= 15 is 0 Å². The smallest absolute Gasteiger partial charge is 0.257 e. The lowest BCUT2D eigenvalue weighted by atomic mass is 9.89. The summed E-state index contributed by atoms with van der Waals surface area (Å²) in [6.45, 7) is 12.1. The minimum atomic E-state index is -0.457. The van der Waals surface area contributed by atoms with Gasteiger partial charge in [-0.1, -0.05) is 51.4 Å². The number of ether oxygens (including phenoxy) is 1. The molecule has 0 bridgehead atoms. The number of ketones is 1. The number of carbonyl (C=O) groups excluding carboxylic acids is 2. The van der Waals surface area contributed by atoms with E-state index in [-0.39, 0.29) is 22.6 Å². The number of pyridine rings is 1. The molecule has 1 aromatic carbocycles. The summed E-state index contributed by atoms with van der Waals surface area (Å²) < 4.78 is 5.42. The molecule has 0 saturated heterocycles. The average Bonchev–Trinajstić information content (AvgIpc) is 3.54. The van der Waals surface area contributed by atoms with Gasteiger partial charge < -0.3 is 15.2 Å². The van der Waals surface area contributed by atoms with Gasteiger partial charge in [0.05, 0.1) is 34.7 Å². The second-order valence-electron chi connectivity index (χ2n) is 10.3. The van der Waals surface area contributed by atoms with Gasteiger partial charge >= 0.3 is 0 Å². The van der Waals surface area contributed by atoms with Gasteiger partial charge in [0.1, 0.15) is 0 Å². The fourth-order valence-corrected chi connectivity index (χ4v) is 4.55. The second-order valence-corrected chi connectivity index (χ2v) is 10.7. The number of hydrogen-bond donors (Lipinski definition) is 2. The lowest BCUT2D eigenvalue weighted by Crippen LogP contribution is -2.29. The molecule has 0 radical (unpaired) electrons. The van der Waals surface area contributed by atoms with E-state index in [1.165, 1.54) is 19.0 Å². The molecule has 2 aliphatic rings. The first kappa shape index (κ1) is 27.2. The lowest BCUT2D eigenvalue weighted by Gasteiger charge is -2.25. The first-order valence-electron chi connectivity index (χ1n) is 12.5. The fraction of sp³-hybridized carbons (Fsp3) is 0.536. The Morgan fingerprint density at radius 1 is 1.23 bits per heavy atom. The molecule has 7 heteroatoms. The van der Waals surface area contributed by atoms with Crippen molar-refractivity contribution in [3.8, 4) is 5.88 Å². The molecular formula is C28H37ClN2O4. The van der Waals surface area contributed by atoms with E-state index < -0.39 is 5.60 Å². The molecule has 0 spiro atoms. The molecule has 1 atom stereocenters. The van der Waals surface area contributed by atoms with E-state index in [0.29, 0.717) is 53.6 Å². The molecule has 2 heterocycles. The molecule has 1 fully saturated rings. The van der Waals surface area contributed by atoms with Crippen molar-refractivity contribution in [1.29, 1.82) is 0 Å². The maximum Gasteiger partial charge on any atom is 0.257 e. The number of halogens is 1. The predicted molar refractivity (Wildman–Crippen MR) is 140 cm³/mol. The molecular weight excluding hydrogens is 464 g/mol. The predicted octanol–water partition coefficient (Wildman–Crippen LogP) is 6.13. The van der Waals surface area contributed by atoms with Crippen molar-refractivity contribution in [1.82, 2.24) is 4.98 Å². The van der Waals surface area contributed by atoms with E-state index in [9.17, 15) is 14.7 Å². The van der Waals surface area contributed by atoms with Crippen molar-refractivity contribution in [2.45, 2.75) is 72.8 Å². The largest absolute Gasteiger partial charge is 0.477 e. The molecule has 1 aliphatic heterocycles. The van der Waals surface area contributed by atoms with Crippen LogP contribution in [0, 0.1) is 17.8 Å². The van der Waals surface area contributed by atoms with Crippen LogP contribution in [0.4, 0.5) is 5.69 Å². The summed E-state index contributed by atoms with van der Waals surface area (Å²) in [7, 11) is 0. The van der Waals surface area contributed by atoms with Crippen LogP contribution in [0.15, 0.2) is 24.4 Å². The van der Waals surface area contributed by atoms with E-state index in [2.05, 4.69) is 17.2 Å². The molecule has 1 amide bonds. The van der Waals surface area contributed by atoms with Crippen molar-refractivity contribution in [2.75, 3.05) is 11.9 Å². The molecule has 4 rings (SSSR count). The van der Waals surface area contributed by atoms with Gasteiger partial charge in [-0.15, -0.1) is 0 Å². The summed E-state index contributed by atoms with van der Waals surface area (Å²) in [5.41, 5.74) is 2.60. The highest BCUT2D eigenvalue weighted by molar-refractivity contribution is 6.34. The van der Waals surface area contributed by atoms with Gasteiger partial charge in [0.15, 0.2) is 5.78 Å². The van der Waals surface area contributed by atoms with Crippen molar-refractivity contribution < 1.29 is 19.4 Å².